The van der Waals surface area contributed by atoms with Crippen molar-refractivity contribution in [3.8, 4) is 11.5 Å². The molecule has 2 heterocycles. The van der Waals surface area contributed by atoms with Crippen molar-refractivity contribution < 1.29 is 9.15 Å². The van der Waals surface area contributed by atoms with Crippen molar-refractivity contribution in [2.75, 3.05) is 19.7 Å². The number of rotatable bonds is 3. The van der Waals surface area contributed by atoms with Gasteiger partial charge in [0, 0.05) is 25.2 Å². The van der Waals surface area contributed by atoms with Crippen LogP contribution in [0.3, 0.4) is 0 Å². The lowest BCUT2D eigenvalue weighted by molar-refractivity contribution is -0.0216. The van der Waals surface area contributed by atoms with Crippen LogP contribution >= 0.6 is 0 Å². The number of nitrogens with zero attached hydrogens (tertiary/aromatic N) is 2. The molecule has 0 bridgehead atoms. The summed E-state index contributed by atoms with van der Waals surface area (Å²) in [6, 6.07) is 10.0. The van der Waals surface area contributed by atoms with E-state index in [0.29, 0.717) is 12.0 Å². The summed E-state index contributed by atoms with van der Waals surface area (Å²) in [5, 5.41) is 0. The molecule has 3 rings (SSSR count). The van der Waals surface area contributed by atoms with E-state index in [0.717, 1.165) is 43.3 Å². The Kier molecular flexibility index (Phi) is 3.85. The second kappa shape index (κ2) is 5.77. The van der Waals surface area contributed by atoms with Crippen molar-refractivity contribution >= 4 is 0 Å². The Hall–Kier alpha value is -1.65. The number of oxazole rings is 1. The Morgan fingerprint density at radius 1 is 1.30 bits per heavy atom. The van der Waals surface area contributed by atoms with Gasteiger partial charge in [-0.25, -0.2) is 4.98 Å². The van der Waals surface area contributed by atoms with Gasteiger partial charge in [0.1, 0.15) is 5.76 Å². The van der Waals surface area contributed by atoms with Crippen molar-refractivity contribution in [3.63, 3.8) is 0 Å². The molecule has 0 saturated carbocycles. The van der Waals surface area contributed by atoms with E-state index in [-0.39, 0.29) is 0 Å². The lowest BCUT2D eigenvalue weighted by atomic mass is 10.2. The number of benzene rings is 1. The van der Waals surface area contributed by atoms with Gasteiger partial charge < -0.3 is 9.15 Å². The van der Waals surface area contributed by atoms with Gasteiger partial charge >= 0.3 is 0 Å². The first-order valence-electron chi connectivity index (χ1n) is 7.08. The van der Waals surface area contributed by atoms with Crippen LogP contribution in [0.25, 0.3) is 11.5 Å². The van der Waals surface area contributed by atoms with Gasteiger partial charge in [0.2, 0.25) is 5.89 Å². The summed E-state index contributed by atoms with van der Waals surface area (Å²) in [5.41, 5.74) is 2.05. The van der Waals surface area contributed by atoms with Crippen molar-refractivity contribution in [2.45, 2.75) is 26.5 Å². The van der Waals surface area contributed by atoms with Crippen LogP contribution in [0.1, 0.15) is 18.4 Å². The molecule has 20 heavy (non-hydrogen) atoms. The molecule has 1 aliphatic rings. The van der Waals surface area contributed by atoms with E-state index in [9.17, 15) is 0 Å². The van der Waals surface area contributed by atoms with Crippen LogP contribution in [0, 0.1) is 6.92 Å². The molecule has 1 aliphatic heterocycles. The summed E-state index contributed by atoms with van der Waals surface area (Å²) in [6.07, 6.45) is 0.296. The molecular formula is C16H20N2O2. The third-order valence-corrected chi connectivity index (χ3v) is 3.61. The first-order chi connectivity index (χ1) is 9.72. The van der Waals surface area contributed by atoms with Gasteiger partial charge in [-0.2, -0.15) is 0 Å². The third-order valence-electron chi connectivity index (χ3n) is 3.61. The number of ether oxygens (including phenoxy) is 1. The van der Waals surface area contributed by atoms with Crippen molar-refractivity contribution in [2.24, 2.45) is 0 Å². The molecule has 0 radical (unpaired) electrons. The first-order valence-corrected chi connectivity index (χ1v) is 7.08. The highest BCUT2D eigenvalue weighted by molar-refractivity contribution is 5.53. The molecule has 1 fully saturated rings. The van der Waals surface area contributed by atoms with Gasteiger partial charge in [-0.1, -0.05) is 18.2 Å². The molecule has 2 aromatic rings. The predicted molar refractivity (Wildman–Crippen MR) is 77.4 cm³/mol. The predicted octanol–water partition coefficient (Wildman–Crippen LogP) is 2.87. The SMILES string of the molecule is Cc1oc(-c2ccccc2)nc1CN1CCOC(C)C1. The van der Waals surface area contributed by atoms with Gasteiger partial charge in [0.05, 0.1) is 18.4 Å². The smallest absolute Gasteiger partial charge is 0.226 e. The highest BCUT2D eigenvalue weighted by Gasteiger charge is 2.20. The Bertz CT molecular complexity index is 565. The van der Waals surface area contributed by atoms with E-state index in [1.807, 2.05) is 37.3 Å². The fourth-order valence-corrected chi connectivity index (χ4v) is 2.52. The standard InChI is InChI=1S/C16H20N2O2/c1-12-10-18(8-9-19-12)11-15-13(2)20-16(17-15)14-6-4-3-5-7-14/h3-7,12H,8-11H2,1-2H3. The van der Waals surface area contributed by atoms with Crippen LogP contribution in [-0.2, 0) is 11.3 Å². The molecular weight excluding hydrogens is 252 g/mol. The number of aryl methyl sites for hydroxylation is 1. The zero-order valence-corrected chi connectivity index (χ0v) is 12.0. The van der Waals surface area contributed by atoms with Crippen LogP contribution in [0.15, 0.2) is 34.7 Å². The summed E-state index contributed by atoms with van der Waals surface area (Å²) < 4.78 is 11.4. The average molecular weight is 272 g/mol. The summed E-state index contributed by atoms with van der Waals surface area (Å²) in [6.45, 7) is 7.62. The Labute approximate surface area is 119 Å². The van der Waals surface area contributed by atoms with Crippen molar-refractivity contribution in [1.29, 1.82) is 0 Å². The minimum atomic E-state index is 0.296. The van der Waals surface area contributed by atoms with Gasteiger partial charge in [-0.3, -0.25) is 4.90 Å². The number of morpholine rings is 1. The summed E-state index contributed by atoms with van der Waals surface area (Å²) in [5.74, 6) is 1.61. The van der Waals surface area contributed by atoms with Crippen molar-refractivity contribution in [1.82, 2.24) is 9.88 Å². The molecule has 0 N–H and O–H groups in total. The molecule has 0 spiro atoms. The van der Waals surface area contributed by atoms with Crippen LogP contribution in [0.2, 0.25) is 0 Å². The van der Waals surface area contributed by atoms with Crippen LogP contribution in [0.5, 0.6) is 0 Å². The summed E-state index contributed by atoms with van der Waals surface area (Å²) in [7, 11) is 0. The lowest BCUT2D eigenvalue weighted by Crippen LogP contribution is -2.40. The maximum atomic E-state index is 5.80. The fourth-order valence-electron chi connectivity index (χ4n) is 2.52. The van der Waals surface area contributed by atoms with Gasteiger partial charge in [0.15, 0.2) is 0 Å². The molecule has 106 valence electrons. The minimum Gasteiger partial charge on any atom is -0.441 e. The van der Waals surface area contributed by atoms with E-state index in [2.05, 4.69) is 16.8 Å². The van der Waals surface area contributed by atoms with E-state index in [1.165, 1.54) is 0 Å². The molecule has 1 saturated heterocycles. The Balaban J connectivity index is 1.76. The van der Waals surface area contributed by atoms with Gasteiger partial charge in [-0.15, -0.1) is 0 Å². The van der Waals surface area contributed by atoms with E-state index in [4.69, 9.17) is 9.15 Å². The molecule has 1 aromatic carbocycles. The number of hydrogen-bond donors (Lipinski definition) is 0. The lowest BCUT2D eigenvalue weighted by Gasteiger charge is -2.30. The summed E-state index contributed by atoms with van der Waals surface area (Å²) >= 11 is 0. The highest BCUT2D eigenvalue weighted by Crippen LogP contribution is 2.22. The summed E-state index contributed by atoms with van der Waals surface area (Å²) in [4.78, 5) is 7.02. The molecule has 0 aliphatic carbocycles. The molecule has 1 unspecified atom stereocenters. The number of hydrogen-bond acceptors (Lipinski definition) is 4. The first kappa shape index (κ1) is 13.3. The number of aromatic nitrogens is 1. The maximum Gasteiger partial charge on any atom is 0.226 e. The van der Waals surface area contributed by atoms with E-state index < -0.39 is 0 Å². The second-order valence-electron chi connectivity index (χ2n) is 5.30. The maximum absolute atomic E-state index is 5.80. The van der Waals surface area contributed by atoms with E-state index >= 15 is 0 Å². The van der Waals surface area contributed by atoms with E-state index in [1.54, 1.807) is 0 Å². The zero-order chi connectivity index (χ0) is 13.9. The third kappa shape index (κ3) is 2.92. The van der Waals surface area contributed by atoms with Crippen LogP contribution in [0.4, 0.5) is 0 Å². The molecule has 4 heteroatoms. The normalized spacial score (nSPS) is 20.2. The minimum absolute atomic E-state index is 0.296. The van der Waals surface area contributed by atoms with Gasteiger partial charge in [0.25, 0.3) is 0 Å². The topological polar surface area (TPSA) is 38.5 Å². The largest absolute Gasteiger partial charge is 0.441 e. The fraction of sp³-hybridized carbons (Fsp3) is 0.438. The highest BCUT2D eigenvalue weighted by atomic mass is 16.5. The molecule has 1 atom stereocenters. The Morgan fingerprint density at radius 3 is 2.85 bits per heavy atom. The Morgan fingerprint density at radius 2 is 2.10 bits per heavy atom. The van der Waals surface area contributed by atoms with Crippen LogP contribution in [-0.4, -0.2) is 35.7 Å². The zero-order valence-electron chi connectivity index (χ0n) is 12.0. The molecule has 0 amide bonds. The quantitative estimate of drug-likeness (QED) is 0.861. The monoisotopic (exact) mass is 272 g/mol. The molecule has 1 aromatic heterocycles. The van der Waals surface area contributed by atoms with Crippen LogP contribution < -0.4 is 0 Å². The van der Waals surface area contributed by atoms with Crippen molar-refractivity contribution in [3.05, 3.63) is 41.8 Å². The average Bonchev–Trinajstić information content (AvgIpc) is 2.81. The van der Waals surface area contributed by atoms with Gasteiger partial charge in [-0.05, 0) is 26.0 Å². The molecule has 4 nitrogen and oxygen atoms in total. The second-order valence-corrected chi connectivity index (χ2v) is 5.30.